The topological polar surface area (TPSA) is 61.4 Å². The zero-order valence-corrected chi connectivity index (χ0v) is 53.0. The van der Waals surface area contributed by atoms with Gasteiger partial charge in [-0.1, -0.05) is 261 Å². The summed E-state index contributed by atoms with van der Waals surface area (Å²) in [5.74, 6) is 1.34. The van der Waals surface area contributed by atoms with E-state index in [0.717, 1.165) is 89.6 Å². The molecule has 0 aliphatic rings. The molecule has 0 fully saturated rings. The van der Waals surface area contributed by atoms with Gasteiger partial charge in [0, 0.05) is 82.5 Å². The lowest BCUT2D eigenvalue weighted by Gasteiger charge is -2.14. The summed E-state index contributed by atoms with van der Waals surface area (Å²) in [5.41, 5.74) is 18.6. The molecule has 0 saturated carbocycles. The molecule has 0 atom stereocenters. The maximum Gasteiger partial charge on any atom is 0.160 e. The van der Waals surface area contributed by atoms with Gasteiger partial charge in [0.15, 0.2) is 11.6 Å². The van der Waals surface area contributed by atoms with Crippen LogP contribution in [0, 0.1) is 0 Å². The predicted molar refractivity (Wildman–Crippen MR) is 409 cm³/mol. The molecule has 0 aliphatic heterocycles. The predicted octanol–water partition coefficient (Wildman–Crippen LogP) is 24.0. The average molecular weight is 1250 g/mol. The Labute approximate surface area is 563 Å². The molecule has 4 aromatic heterocycles. The molecule has 0 unspecified atom stereocenters. The van der Waals surface area contributed by atoms with Gasteiger partial charge < -0.3 is 9.13 Å². The lowest BCUT2D eigenvalue weighted by atomic mass is 9.95. The normalized spacial score (nSPS) is 11.9. The van der Waals surface area contributed by atoms with Crippen molar-refractivity contribution in [3.63, 3.8) is 0 Å². The number of aromatic nitrogens is 6. The molecule has 20 rings (SSSR count). The maximum absolute atomic E-state index is 5.39. The molecule has 98 heavy (non-hydrogen) atoms. The summed E-state index contributed by atoms with van der Waals surface area (Å²) in [4.78, 5) is 21.1. The van der Waals surface area contributed by atoms with Gasteiger partial charge in [0.05, 0.1) is 44.8 Å². The van der Waals surface area contributed by atoms with Crippen LogP contribution in [0.1, 0.15) is 0 Å². The lowest BCUT2D eigenvalue weighted by molar-refractivity contribution is 1.17. The van der Waals surface area contributed by atoms with Gasteiger partial charge in [-0.3, -0.25) is 0 Å². The highest BCUT2D eigenvalue weighted by Crippen LogP contribution is 2.47. The van der Waals surface area contributed by atoms with Crippen LogP contribution in [0.25, 0.3) is 199 Å². The Kier molecular flexibility index (Phi) is 12.6. The largest absolute Gasteiger partial charge is 0.309 e. The van der Waals surface area contributed by atoms with Crippen LogP contribution in [0.5, 0.6) is 0 Å². The molecule has 20 aromatic rings. The van der Waals surface area contributed by atoms with Gasteiger partial charge in [0.1, 0.15) is 0 Å². The first-order valence-electron chi connectivity index (χ1n) is 33.4. The highest BCUT2D eigenvalue weighted by atomic mass is 15.0. The van der Waals surface area contributed by atoms with Gasteiger partial charge >= 0.3 is 0 Å². The molecule has 0 N–H and O–H groups in total. The fourth-order valence-corrected chi connectivity index (χ4v) is 15.5. The van der Waals surface area contributed by atoms with Gasteiger partial charge in [-0.2, -0.15) is 0 Å². The summed E-state index contributed by atoms with van der Waals surface area (Å²) in [6.07, 6.45) is 0. The minimum Gasteiger partial charge on any atom is -0.309 e. The van der Waals surface area contributed by atoms with Crippen molar-refractivity contribution in [3.05, 3.63) is 340 Å². The molecule has 6 nitrogen and oxygen atoms in total. The van der Waals surface area contributed by atoms with Crippen LogP contribution in [0.2, 0.25) is 0 Å². The standard InChI is InChI=1S/C92H56N6/c1-4-20-58(21-5-1)81-55-82(59-22-6-2-7-23-59)94-91(93-81)63-42-48-69(49-43-63)98-88-70-50-44-66(52-67(70)45-51-79(88)86-75-32-16-12-28-71(75)74-31-15-19-35-78(74)90(86)98)57-36-38-61(39-37-57)84-56-83(60-24-8-3-9-25-60)95-92(96-84)62-40-46-68(47-41-62)97-85-54-65-27-11-10-26-64(65)53-80(85)87-76-33-17-13-29-72(76)73-30-14-18-34-77(73)89(87)97/h1-56H. The van der Waals surface area contributed by atoms with Crippen molar-refractivity contribution in [2.45, 2.75) is 0 Å². The van der Waals surface area contributed by atoms with Gasteiger partial charge in [-0.15, -0.1) is 0 Å². The van der Waals surface area contributed by atoms with Gasteiger partial charge in [-0.25, -0.2) is 19.9 Å². The molecule has 0 bridgehead atoms. The maximum atomic E-state index is 5.39. The average Bonchev–Trinajstić information content (AvgIpc) is 1.55. The highest BCUT2D eigenvalue weighted by Gasteiger charge is 2.24. The molecule has 0 amide bonds. The summed E-state index contributed by atoms with van der Waals surface area (Å²) in [5, 5.41) is 19.6. The third-order valence-corrected chi connectivity index (χ3v) is 20.1. The third kappa shape index (κ3) is 8.89. The number of hydrogen-bond donors (Lipinski definition) is 0. The van der Waals surface area contributed by atoms with Crippen LogP contribution in [-0.2, 0) is 0 Å². The summed E-state index contributed by atoms with van der Waals surface area (Å²) in [7, 11) is 0. The molecule has 0 saturated heterocycles. The highest BCUT2D eigenvalue weighted by molar-refractivity contribution is 6.35. The SMILES string of the molecule is c1ccc(-c2cc(-c3ccc(-c4ccc5c(ccc6c7c8ccccc8c8ccccc8c7n(-c7ccc(-c8nc(-c9ccccc9)cc(-c9ccccc9)n8)cc7)c56)c4)cc3)nc(-c3ccc(-n4c5cc6ccccc6cc5c5c6ccccc6c6ccccc6c54)cc3)n2)cc1. The molecular weight excluding hydrogens is 1190 g/mol. The van der Waals surface area contributed by atoms with Crippen LogP contribution < -0.4 is 0 Å². The van der Waals surface area contributed by atoms with E-state index in [2.05, 4.69) is 337 Å². The Bertz CT molecular complexity index is 6560. The van der Waals surface area contributed by atoms with E-state index in [0.29, 0.717) is 11.6 Å². The van der Waals surface area contributed by atoms with Crippen LogP contribution in [0.15, 0.2) is 340 Å². The Morgan fingerprint density at radius 2 is 0.541 bits per heavy atom. The molecular formula is C92H56N6. The molecule has 0 spiro atoms. The first-order chi connectivity index (χ1) is 48.6. The van der Waals surface area contributed by atoms with Crippen LogP contribution in [0.3, 0.4) is 0 Å². The van der Waals surface area contributed by atoms with Crippen molar-refractivity contribution in [1.29, 1.82) is 0 Å². The number of nitrogens with zero attached hydrogens (tertiary/aromatic N) is 6. The van der Waals surface area contributed by atoms with E-state index < -0.39 is 0 Å². The number of benzene rings is 16. The smallest absolute Gasteiger partial charge is 0.160 e. The zero-order chi connectivity index (χ0) is 64.4. The fraction of sp³-hybridized carbons (Fsp3) is 0. The minimum absolute atomic E-state index is 0.664. The van der Waals surface area contributed by atoms with Gasteiger partial charge in [0.25, 0.3) is 0 Å². The van der Waals surface area contributed by atoms with Gasteiger partial charge in [0.2, 0.25) is 0 Å². The van der Waals surface area contributed by atoms with E-state index in [1.54, 1.807) is 0 Å². The van der Waals surface area contributed by atoms with Crippen LogP contribution in [0.4, 0.5) is 0 Å². The molecule has 4 heterocycles. The second-order valence-corrected chi connectivity index (χ2v) is 25.6. The Balaban J connectivity index is 0.689. The summed E-state index contributed by atoms with van der Waals surface area (Å²) in [6.45, 7) is 0. The van der Waals surface area contributed by atoms with E-state index >= 15 is 0 Å². The van der Waals surface area contributed by atoms with E-state index in [1.165, 1.54) is 97.3 Å². The summed E-state index contributed by atoms with van der Waals surface area (Å²) in [6, 6.07) is 122. The molecule has 454 valence electrons. The quantitative estimate of drug-likeness (QED) is 0.135. The Hall–Kier alpha value is -13.2. The summed E-state index contributed by atoms with van der Waals surface area (Å²) < 4.78 is 4.97. The van der Waals surface area contributed by atoms with E-state index in [9.17, 15) is 0 Å². The first-order valence-corrected chi connectivity index (χ1v) is 33.4. The number of fused-ring (bicyclic) bond motifs is 19. The monoisotopic (exact) mass is 1240 g/mol. The van der Waals surface area contributed by atoms with Crippen molar-refractivity contribution < 1.29 is 0 Å². The molecule has 6 heteroatoms. The number of rotatable bonds is 9. The Morgan fingerprint density at radius 3 is 1.04 bits per heavy atom. The van der Waals surface area contributed by atoms with Crippen LogP contribution in [-0.4, -0.2) is 29.1 Å². The van der Waals surface area contributed by atoms with Crippen molar-refractivity contribution in [2.24, 2.45) is 0 Å². The zero-order valence-electron chi connectivity index (χ0n) is 53.0. The van der Waals surface area contributed by atoms with Crippen molar-refractivity contribution in [2.75, 3.05) is 0 Å². The van der Waals surface area contributed by atoms with E-state index in [4.69, 9.17) is 19.9 Å². The van der Waals surface area contributed by atoms with E-state index in [-0.39, 0.29) is 0 Å². The van der Waals surface area contributed by atoms with Gasteiger partial charge in [-0.05, 0) is 138 Å². The minimum atomic E-state index is 0.664. The molecule has 0 radical (unpaired) electrons. The molecule has 0 aliphatic carbocycles. The lowest BCUT2D eigenvalue weighted by Crippen LogP contribution is -1.98. The Morgan fingerprint density at radius 1 is 0.184 bits per heavy atom. The second-order valence-electron chi connectivity index (χ2n) is 25.6. The number of hydrogen-bond acceptors (Lipinski definition) is 4. The van der Waals surface area contributed by atoms with Crippen LogP contribution >= 0.6 is 0 Å². The first kappa shape index (κ1) is 55.3. The van der Waals surface area contributed by atoms with Crippen molar-refractivity contribution in [1.82, 2.24) is 29.1 Å². The summed E-state index contributed by atoms with van der Waals surface area (Å²) >= 11 is 0. The van der Waals surface area contributed by atoms with Crippen molar-refractivity contribution in [3.8, 4) is 90.3 Å². The van der Waals surface area contributed by atoms with E-state index in [1.807, 2.05) is 12.1 Å². The molecule has 16 aromatic carbocycles. The van der Waals surface area contributed by atoms with Crippen molar-refractivity contribution >= 4 is 108 Å². The second kappa shape index (κ2) is 22.2. The third-order valence-electron chi connectivity index (χ3n) is 20.1. The fourth-order valence-electron chi connectivity index (χ4n) is 15.5.